The van der Waals surface area contributed by atoms with Gasteiger partial charge in [0.05, 0.1) is 12.1 Å². The number of hydrogen-bond donors (Lipinski definition) is 0. The number of likely N-dealkylation sites (tertiary alicyclic amines) is 1. The van der Waals surface area contributed by atoms with Crippen molar-refractivity contribution >= 4 is 27.9 Å². The molecule has 0 saturated carbocycles. The van der Waals surface area contributed by atoms with E-state index in [-0.39, 0.29) is 17.8 Å². The molecule has 6 nitrogen and oxygen atoms in total. The molecule has 1 amide bonds. The van der Waals surface area contributed by atoms with Gasteiger partial charge in [-0.3, -0.25) is 4.68 Å². The Bertz CT molecular complexity index is 1390. The largest absolute Gasteiger partial charge is 0.449 e. The molecule has 0 spiro atoms. The van der Waals surface area contributed by atoms with E-state index < -0.39 is 0 Å². The summed E-state index contributed by atoms with van der Waals surface area (Å²) in [5.74, 6) is -0.117. The van der Waals surface area contributed by atoms with Crippen molar-refractivity contribution in [2.75, 3.05) is 19.7 Å². The Hall–Kier alpha value is -3.48. The number of benzene rings is 2. The topological polar surface area (TPSA) is 60.2 Å². The summed E-state index contributed by atoms with van der Waals surface area (Å²) in [6, 6.07) is 11.6. The first kappa shape index (κ1) is 23.3. The number of carbonyl (C=O) groups excluding carboxylic acids is 1. The Morgan fingerprint density at radius 1 is 1.09 bits per heavy atom. The summed E-state index contributed by atoms with van der Waals surface area (Å²) in [6.45, 7) is 5.83. The Balaban J connectivity index is 1.35. The highest BCUT2D eigenvalue weighted by atomic mass is 19.1. The summed E-state index contributed by atoms with van der Waals surface area (Å²) in [5.41, 5.74) is 5.10. The van der Waals surface area contributed by atoms with Crippen molar-refractivity contribution in [1.29, 1.82) is 0 Å². The van der Waals surface area contributed by atoms with E-state index in [1.807, 2.05) is 38.4 Å². The van der Waals surface area contributed by atoms with Gasteiger partial charge in [0.25, 0.3) is 0 Å². The van der Waals surface area contributed by atoms with Crippen molar-refractivity contribution in [2.24, 2.45) is 7.05 Å². The van der Waals surface area contributed by atoms with Crippen LogP contribution < -0.4 is 0 Å². The maximum Gasteiger partial charge on any atom is 0.409 e. The zero-order chi connectivity index (χ0) is 24.5. The predicted octanol–water partition coefficient (Wildman–Crippen LogP) is 6.35. The zero-order valence-corrected chi connectivity index (χ0v) is 20.6. The van der Waals surface area contributed by atoms with Crippen molar-refractivity contribution in [3.63, 3.8) is 0 Å². The summed E-state index contributed by atoms with van der Waals surface area (Å²) < 4.78 is 22.4. The Labute approximate surface area is 204 Å². The molecule has 35 heavy (non-hydrogen) atoms. The van der Waals surface area contributed by atoms with Gasteiger partial charge in [0, 0.05) is 48.7 Å². The second-order valence-corrected chi connectivity index (χ2v) is 9.53. The molecule has 1 saturated heterocycles. The summed E-state index contributed by atoms with van der Waals surface area (Å²) >= 11 is 0. The molecule has 0 atom stereocenters. The number of halogens is 1. The number of rotatable bonds is 5. The Kier molecular flexibility index (Phi) is 6.41. The molecule has 1 aliphatic heterocycles. The normalized spacial score (nSPS) is 14.7. The lowest BCUT2D eigenvalue weighted by Gasteiger charge is -2.31. The fourth-order valence-corrected chi connectivity index (χ4v) is 4.95. The van der Waals surface area contributed by atoms with Crippen LogP contribution in [0.3, 0.4) is 0 Å². The first-order chi connectivity index (χ1) is 16.9. The number of hydrogen-bond acceptors (Lipinski definition) is 4. The number of pyridine rings is 1. The molecule has 3 heterocycles. The maximum atomic E-state index is 15.3. The molecule has 0 bridgehead atoms. The van der Waals surface area contributed by atoms with Crippen LogP contribution in [0.25, 0.3) is 32.9 Å². The molecular weight excluding hydrogens is 443 g/mol. The number of aryl methyl sites for hydroxylation is 2. The lowest BCUT2D eigenvalue weighted by Crippen LogP contribution is -2.38. The van der Waals surface area contributed by atoms with Crippen molar-refractivity contribution in [3.8, 4) is 11.1 Å². The van der Waals surface area contributed by atoms with E-state index in [0.717, 1.165) is 64.4 Å². The second-order valence-electron chi connectivity index (χ2n) is 9.53. The average Bonchev–Trinajstić information content (AvgIpc) is 3.25. The van der Waals surface area contributed by atoms with E-state index in [1.165, 1.54) is 0 Å². The van der Waals surface area contributed by atoms with E-state index in [2.05, 4.69) is 24.2 Å². The van der Waals surface area contributed by atoms with Gasteiger partial charge >= 0.3 is 6.09 Å². The second kappa shape index (κ2) is 9.64. The lowest BCUT2D eigenvalue weighted by molar-refractivity contribution is 0.0914. The summed E-state index contributed by atoms with van der Waals surface area (Å²) in [7, 11) is 1.90. The number of aromatic nitrogens is 3. The molecule has 0 N–H and O–H groups in total. The maximum absolute atomic E-state index is 15.3. The number of ether oxygens (including phenoxy) is 1. The van der Waals surface area contributed by atoms with E-state index in [4.69, 9.17) is 9.72 Å². The van der Waals surface area contributed by atoms with Crippen LogP contribution >= 0.6 is 0 Å². The molecule has 1 fully saturated rings. The number of amides is 1. The molecule has 5 rings (SSSR count). The predicted molar refractivity (Wildman–Crippen MR) is 136 cm³/mol. The van der Waals surface area contributed by atoms with Crippen LogP contribution in [0.2, 0.25) is 0 Å². The highest BCUT2D eigenvalue weighted by molar-refractivity contribution is 5.90. The molecule has 2 aromatic heterocycles. The molecular formula is C28H31FN4O2. The fraction of sp³-hybridized carbons (Fsp3) is 0.393. The monoisotopic (exact) mass is 474 g/mol. The Morgan fingerprint density at radius 2 is 1.83 bits per heavy atom. The molecule has 0 unspecified atom stereocenters. The number of nitrogens with zero attached hydrogens (tertiary/aromatic N) is 4. The van der Waals surface area contributed by atoms with Crippen LogP contribution in [0.5, 0.6) is 0 Å². The molecule has 4 aromatic rings. The van der Waals surface area contributed by atoms with Crippen LogP contribution in [0.1, 0.15) is 49.8 Å². The minimum atomic E-state index is -0.319. The minimum Gasteiger partial charge on any atom is -0.449 e. The highest BCUT2D eigenvalue weighted by Gasteiger charge is 2.26. The van der Waals surface area contributed by atoms with E-state index in [9.17, 15) is 4.79 Å². The van der Waals surface area contributed by atoms with Gasteiger partial charge < -0.3 is 9.64 Å². The lowest BCUT2D eigenvalue weighted by atomic mass is 9.92. The summed E-state index contributed by atoms with van der Waals surface area (Å²) in [6.07, 6.45) is 5.22. The van der Waals surface area contributed by atoms with Crippen LogP contribution in [-0.4, -0.2) is 45.5 Å². The summed E-state index contributed by atoms with van der Waals surface area (Å²) in [5, 5.41) is 6.32. The molecule has 2 aromatic carbocycles. The average molecular weight is 475 g/mol. The first-order valence-electron chi connectivity index (χ1n) is 12.4. The zero-order valence-electron chi connectivity index (χ0n) is 20.6. The molecule has 1 aliphatic rings. The molecule has 182 valence electrons. The first-order valence-corrected chi connectivity index (χ1v) is 12.4. The molecule has 0 radical (unpaired) electrons. The SMILES string of the molecule is CCCCOC(=O)N1CCC(c2ccc3cc(-c4cc(C)c5nn(C)cc5c4)cc(F)c3n2)CC1. The third kappa shape index (κ3) is 4.72. The van der Waals surface area contributed by atoms with Crippen molar-refractivity contribution in [3.05, 3.63) is 59.7 Å². The number of fused-ring (bicyclic) bond motifs is 2. The van der Waals surface area contributed by atoms with Crippen molar-refractivity contribution in [1.82, 2.24) is 19.7 Å². The van der Waals surface area contributed by atoms with Crippen LogP contribution in [0.15, 0.2) is 42.6 Å². The van der Waals surface area contributed by atoms with E-state index in [0.29, 0.717) is 25.2 Å². The van der Waals surface area contributed by atoms with Gasteiger partial charge in [0.2, 0.25) is 0 Å². The minimum absolute atomic E-state index is 0.203. The van der Waals surface area contributed by atoms with Crippen molar-refractivity contribution in [2.45, 2.75) is 45.4 Å². The van der Waals surface area contributed by atoms with Gasteiger partial charge in [-0.1, -0.05) is 19.4 Å². The number of carbonyl (C=O) groups is 1. The van der Waals surface area contributed by atoms with Crippen molar-refractivity contribution < 1.29 is 13.9 Å². The number of piperidine rings is 1. The molecule has 7 heteroatoms. The van der Waals surface area contributed by atoms with Gasteiger partial charge in [0.15, 0.2) is 0 Å². The Morgan fingerprint density at radius 3 is 2.60 bits per heavy atom. The van der Waals surface area contributed by atoms with Gasteiger partial charge in [-0.05, 0) is 73.2 Å². The van der Waals surface area contributed by atoms with Crippen LogP contribution in [0, 0.1) is 12.7 Å². The standard InChI is InChI=1S/C28H31FN4O2/c1-4-5-12-35-28(34)33-10-8-19(9-11-33)25-7-6-20-14-22(16-24(29)27(20)30-25)21-13-18(2)26-23(15-21)17-32(3)31-26/h6-7,13-17,19H,4-5,8-12H2,1-3H3. The van der Waals surface area contributed by atoms with Crippen LogP contribution in [0.4, 0.5) is 9.18 Å². The highest BCUT2D eigenvalue weighted by Crippen LogP contribution is 2.33. The fourth-order valence-electron chi connectivity index (χ4n) is 4.95. The quantitative estimate of drug-likeness (QED) is 0.316. The van der Waals surface area contributed by atoms with E-state index >= 15 is 4.39 Å². The smallest absolute Gasteiger partial charge is 0.409 e. The van der Waals surface area contributed by atoms with Gasteiger partial charge in [-0.15, -0.1) is 0 Å². The van der Waals surface area contributed by atoms with Gasteiger partial charge in [-0.25, -0.2) is 14.2 Å². The van der Waals surface area contributed by atoms with Crippen LogP contribution in [-0.2, 0) is 11.8 Å². The van der Waals surface area contributed by atoms with E-state index in [1.54, 1.807) is 15.6 Å². The third-order valence-corrected chi connectivity index (χ3v) is 6.91. The number of unbranched alkanes of at least 4 members (excludes halogenated alkanes) is 1. The summed E-state index contributed by atoms with van der Waals surface area (Å²) in [4.78, 5) is 18.7. The molecule has 0 aliphatic carbocycles. The van der Waals surface area contributed by atoms with Gasteiger partial charge in [-0.2, -0.15) is 5.10 Å². The third-order valence-electron chi connectivity index (χ3n) is 6.91. The van der Waals surface area contributed by atoms with Gasteiger partial charge in [0.1, 0.15) is 11.3 Å².